The SMILES string of the molecule is CNCC(=O)N=[S@](C)(=O)c1cccc(NC(=O)c2c(Oc3ccc(F)nc3C)ncc(C(F)(F)F)c2C)c1. The Labute approximate surface area is 215 Å². The molecule has 0 aliphatic heterocycles. The molecule has 0 spiro atoms. The Balaban J connectivity index is 2.04. The van der Waals surface area contributed by atoms with Crippen molar-refractivity contribution in [3.63, 3.8) is 0 Å². The van der Waals surface area contributed by atoms with Crippen molar-refractivity contribution in [2.24, 2.45) is 4.36 Å². The van der Waals surface area contributed by atoms with Gasteiger partial charge in [-0.2, -0.15) is 21.9 Å². The van der Waals surface area contributed by atoms with E-state index in [1.165, 1.54) is 50.6 Å². The van der Waals surface area contributed by atoms with E-state index in [4.69, 9.17) is 4.74 Å². The predicted octanol–water partition coefficient (Wildman–Crippen LogP) is 4.50. The van der Waals surface area contributed by atoms with Gasteiger partial charge in [0.2, 0.25) is 11.8 Å². The number of anilines is 1. The first-order valence-electron chi connectivity index (χ1n) is 10.9. The summed E-state index contributed by atoms with van der Waals surface area (Å²) in [7, 11) is -1.66. The van der Waals surface area contributed by atoms with Crippen LogP contribution in [0.15, 0.2) is 51.9 Å². The van der Waals surface area contributed by atoms with Crippen LogP contribution in [0.3, 0.4) is 0 Å². The number of alkyl halides is 3. The number of hydrogen-bond donors (Lipinski definition) is 2. The molecule has 2 heterocycles. The summed E-state index contributed by atoms with van der Waals surface area (Å²) >= 11 is 0. The monoisotopic (exact) mass is 553 g/mol. The van der Waals surface area contributed by atoms with Crippen LogP contribution in [0.4, 0.5) is 23.2 Å². The van der Waals surface area contributed by atoms with Gasteiger partial charge in [0.15, 0.2) is 5.75 Å². The van der Waals surface area contributed by atoms with Gasteiger partial charge in [-0.25, -0.2) is 14.2 Å². The zero-order valence-electron chi connectivity index (χ0n) is 20.6. The van der Waals surface area contributed by atoms with Gasteiger partial charge in [0.25, 0.3) is 11.8 Å². The molecule has 38 heavy (non-hydrogen) atoms. The average Bonchev–Trinajstić information content (AvgIpc) is 2.80. The van der Waals surface area contributed by atoms with Crippen molar-refractivity contribution in [2.45, 2.75) is 24.9 Å². The van der Waals surface area contributed by atoms with Crippen molar-refractivity contribution in [3.8, 4) is 11.6 Å². The van der Waals surface area contributed by atoms with Crippen LogP contribution < -0.4 is 15.4 Å². The molecule has 2 aromatic heterocycles. The number of carbonyl (C=O) groups excluding carboxylic acids is 2. The first-order chi connectivity index (χ1) is 17.7. The van der Waals surface area contributed by atoms with E-state index in [1.807, 2.05) is 0 Å². The molecule has 1 aromatic carbocycles. The lowest BCUT2D eigenvalue weighted by Crippen LogP contribution is -2.19. The molecule has 0 aliphatic rings. The normalized spacial score (nSPS) is 12.9. The quantitative estimate of drug-likeness (QED) is 0.326. The highest BCUT2D eigenvalue weighted by atomic mass is 32.2. The molecule has 9 nitrogen and oxygen atoms in total. The van der Waals surface area contributed by atoms with Crippen molar-refractivity contribution in [1.82, 2.24) is 15.3 Å². The number of nitrogens with one attached hydrogen (secondary N) is 2. The van der Waals surface area contributed by atoms with Crippen LogP contribution in [-0.4, -0.2) is 45.8 Å². The Hall–Kier alpha value is -3.91. The van der Waals surface area contributed by atoms with Crippen LogP contribution in [0.1, 0.15) is 27.2 Å². The number of pyridine rings is 2. The van der Waals surface area contributed by atoms with Crippen LogP contribution in [0, 0.1) is 19.8 Å². The standard InChI is InChI=1S/C24H23F4N5O4S/c1-13-17(24(26,27)28)11-30-23(37-18-8-9-19(25)31-14(18)2)21(13)22(35)32-15-6-5-7-16(10-15)38(4,36)33-20(34)12-29-3/h5-11,29H,12H2,1-4H3,(H,32,35)/t38-/m1/s1. The molecule has 0 radical (unpaired) electrons. The molecule has 0 bridgehead atoms. The fourth-order valence-corrected chi connectivity index (χ4v) is 4.61. The Morgan fingerprint density at radius 1 is 1.16 bits per heavy atom. The topological polar surface area (TPSA) is 123 Å². The number of benzene rings is 1. The summed E-state index contributed by atoms with van der Waals surface area (Å²) < 4.78 is 76.4. The number of halogens is 4. The van der Waals surface area contributed by atoms with Gasteiger partial charge < -0.3 is 15.4 Å². The largest absolute Gasteiger partial charge is 0.436 e. The Morgan fingerprint density at radius 3 is 2.50 bits per heavy atom. The fraction of sp³-hybridized carbons (Fsp3) is 0.250. The second kappa shape index (κ2) is 11.2. The molecule has 3 aromatic rings. The maximum atomic E-state index is 13.6. The lowest BCUT2D eigenvalue weighted by atomic mass is 10.0. The number of nitrogens with zero attached hydrogens (tertiary/aromatic N) is 3. The van der Waals surface area contributed by atoms with Crippen molar-refractivity contribution in [2.75, 3.05) is 25.2 Å². The van der Waals surface area contributed by atoms with Gasteiger partial charge in [-0.1, -0.05) is 6.07 Å². The number of likely N-dealkylation sites (N-methyl/N-ethyl adjacent to an activating group) is 1. The van der Waals surface area contributed by atoms with Gasteiger partial charge >= 0.3 is 6.18 Å². The number of rotatable bonds is 7. The zero-order chi connectivity index (χ0) is 28.3. The van der Waals surface area contributed by atoms with Gasteiger partial charge in [-0.15, -0.1) is 0 Å². The zero-order valence-corrected chi connectivity index (χ0v) is 21.5. The number of aryl methyl sites for hydroxylation is 1. The summed E-state index contributed by atoms with van der Waals surface area (Å²) in [4.78, 5) is 32.5. The van der Waals surface area contributed by atoms with Gasteiger partial charge in [-0.05, 0) is 56.8 Å². The van der Waals surface area contributed by atoms with E-state index < -0.39 is 56.2 Å². The second-order valence-electron chi connectivity index (χ2n) is 8.09. The van der Waals surface area contributed by atoms with Crippen LogP contribution in [0.5, 0.6) is 11.6 Å². The molecular weight excluding hydrogens is 530 g/mol. The minimum absolute atomic E-state index is 0.0207. The van der Waals surface area contributed by atoms with E-state index in [1.54, 1.807) is 0 Å². The minimum atomic E-state index is -4.81. The highest BCUT2D eigenvalue weighted by Gasteiger charge is 2.36. The maximum Gasteiger partial charge on any atom is 0.418 e. The molecule has 0 fully saturated rings. The van der Waals surface area contributed by atoms with Gasteiger partial charge in [0.1, 0.15) is 5.56 Å². The highest BCUT2D eigenvalue weighted by Crippen LogP contribution is 2.37. The number of hydrogen-bond acceptors (Lipinski definition) is 7. The summed E-state index contributed by atoms with van der Waals surface area (Å²) in [5, 5.41) is 5.05. The Kier molecular flexibility index (Phi) is 8.47. The summed E-state index contributed by atoms with van der Waals surface area (Å²) in [6.45, 7) is 2.37. The third-order valence-corrected chi connectivity index (χ3v) is 6.86. The molecule has 2 N–H and O–H groups in total. The van der Waals surface area contributed by atoms with Crippen LogP contribution in [-0.2, 0) is 20.7 Å². The fourth-order valence-electron chi connectivity index (χ4n) is 3.37. The average molecular weight is 554 g/mol. The second-order valence-corrected chi connectivity index (χ2v) is 10.4. The molecular formula is C24H23F4N5O4S. The van der Waals surface area contributed by atoms with E-state index in [2.05, 4.69) is 25.0 Å². The number of ether oxygens (including phenoxy) is 1. The molecule has 0 aliphatic carbocycles. The molecule has 3 rings (SSSR count). The number of carbonyl (C=O) groups is 2. The van der Waals surface area contributed by atoms with E-state index in [0.717, 1.165) is 13.0 Å². The summed E-state index contributed by atoms with van der Waals surface area (Å²) in [6, 6.07) is 7.77. The summed E-state index contributed by atoms with van der Waals surface area (Å²) in [6.07, 6.45) is -3.04. The van der Waals surface area contributed by atoms with E-state index >= 15 is 0 Å². The van der Waals surface area contributed by atoms with Crippen molar-refractivity contribution < 1.29 is 36.1 Å². The van der Waals surface area contributed by atoms with Crippen molar-refractivity contribution in [3.05, 3.63) is 70.9 Å². The summed E-state index contributed by atoms with van der Waals surface area (Å²) in [5.41, 5.74) is -1.99. The smallest absolute Gasteiger partial charge is 0.418 e. The third kappa shape index (κ3) is 6.69. The lowest BCUT2D eigenvalue weighted by molar-refractivity contribution is -0.138. The van der Waals surface area contributed by atoms with E-state index in [-0.39, 0.29) is 28.6 Å². The van der Waals surface area contributed by atoms with Gasteiger partial charge in [-0.3, -0.25) is 9.59 Å². The highest BCUT2D eigenvalue weighted by molar-refractivity contribution is 7.93. The van der Waals surface area contributed by atoms with Crippen molar-refractivity contribution >= 4 is 27.2 Å². The molecule has 202 valence electrons. The van der Waals surface area contributed by atoms with Gasteiger partial charge in [0, 0.05) is 23.0 Å². The summed E-state index contributed by atoms with van der Waals surface area (Å²) in [5.74, 6) is -2.93. The predicted molar refractivity (Wildman–Crippen MR) is 131 cm³/mol. The van der Waals surface area contributed by atoms with E-state index in [9.17, 15) is 31.4 Å². The van der Waals surface area contributed by atoms with Crippen LogP contribution >= 0.6 is 0 Å². The first-order valence-corrected chi connectivity index (χ1v) is 12.8. The number of aromatic nitrogens is 2. The van der Waals surface area contributed by atoms with Crippen molar-refractivity contribution in [1.29, 1.82) is 0 Å². The Bertz CT molecular complexity index is 1520. The minimum Gasteiger partial charge on any atom is -0.436 e. The Morgan fingerprint density at radius 2 is 1.87 bits per heavy atom. The maximum absolute atomic E-state index is 13.6. The van der Waals surface area contributed by atoms with E-state index in [0.29, 0.717) is 6.20 Å². The number of amides is 2. The lowest BCUT2D eigenvalue weighted by Gasteiger charge is -2.17. The molecule has 1 atom stereocenters. The van der Waals surface area contributed by atoms with Crippen LogP contribution in [0.25, 0.3) is 0 Å². The van der Waals surface area contributed by atoms with Gasteiger partial charge in [0.05, 0.1) is 27.5 Å². The third-order valence-electron chi connectivity index (χ3n) is 5.18. The first kappa shape index (κ1) is 28.7. The molecule has 0 unspecified atom stereocenters. The van der Waals surface area contributed by atoms with Crippen LogP contribution in [0.2, 0.25) is 0 Å². The molecule has 14 heteroatoms. The molecule has 2 amide bonds. The molecule has 0 saturated carbocycles. The molecule has 0 saturated heterocycles.